The van der Waals surface area contributed by atoms with Crippen molar-refractivity contribution in [2.45, 2.75) is 54.4 Å². The summed E-state index contributed by atoms with van der Waals surface area (Å²) < 4.78 is 0. The first kappa shape index (κ1) is 30.2. The zero-order valence-corrected chi connectivity index (χ0v) is 24.0. The van der Waals surface area contributed by atoms with Gasteiger partial charge in [-0.15, -0.1) is 0 Å². The molecule has 2 heteroatoms. The van der Waals surface area contributed by atoms with Crippen molar-refractivity contribution in [3.8, 4) is 0 Å². The molecule has 1 aliphatic rings. The molecule has 1 N–H and O–H groups in total. The minimum Gasteiger partial charge on any atom is -0.359 e. The summed E-state index contributed by atoms with van der Waals surface area (Å²) in [7, 11) is 0. The topological polar surface area (TPSA) is 15.3 Å². The van der Waals surface area contributed by atoms with Crippen LogP contribution in [0.2, 0.25) is 0 Å². The average molecular weight is 505 g/mol. The average Bonchev–Trinajstić information content (AvgIpc) is 2.98. The molecule has 0 aromatic heterocycles. The molecule has 1 aliphatic carbocycles. The number of rotatable bonds is 8. The van der Waals surface area contributed by atoms with E-state index in [9.17, 15) is 0 Å². The van der Waals surface area contributed by atoms with Gasteiger partial charge in [-0.1, -0.05) is 101 Å². The van der Waals surface area contributed by atoms with E-state index in [0.29, 0.717) is 0 Å². The number of hydrogen-bond donors (Lipinski definition) is 1. The second-order valence-corrected chi connectivity index (χ2v) is 8.42. The maximum atomic E-state index is 3.92. The van der Waals surface area contributed by atoms with Gasteiger partial charge in [0.1, 0.15) is 0 Å². The molecule has 0 saturated heterocycles. The van der Waals surface area contributed by atoms with Crippen LogP contribution in [0.4, 0.5) is 17.1 Å². The van der Waals surface area contributed by atoms with Gasteiger partial charge >= 0.3 is 0 Å². The molecule has 0 saturated carbocycles. The fourth-order valence-electron chi connectivity index (χ4n) is 4.15. The van der Waals surface area contributed by atoms with Crippen LogP contribution < -0.4 is 10.2 Å². The van der Waals surface area contributed by atoms with Gasteiger partial charge in [0.15, 0.2) is 0 Å². The van der Waals surface area contributed by atoms with E-state index in [2.05, 4.69) is 121 Å². The third-order valence-corrected chi connectivity index (χ3v) is 5.90. The SMILES string of the molecule is C=C/C=C(\C=C/C)N(c1ccc(C)cc1)c1ccc(C2=CC=C(Nc3ccccc3)CC2)cc1.CC.CC. The molecule has 0 unspecified atom stereocenters. The first-order chi connectivity index (χ1) is 18.7. The lowest BCUT2D eigenvalue weighted by molar-refractivity contribution is 0.982. The largest absolute Gasteiger partial charge is 0.359 e. The zero-order valence-electron chi connectivity index (χ0n) is 24.0. The Morgan fingerprint density at radius 3 is 1.92 bits per heavy atom. The highest BCUT2D eigenvalue weighted by molar-refractivity contribution is 5.75. The van der Waals surface area contributed by atoms with Crippen LogP contribution >= 0.6 is 0 Å². The number of hydrogen-bond acceptors (Lipinski definition) is 2. The second-order valence-electron chi connectivity index (χ2n) is 8.42. The first-order valence-electron chi connectivity index (χ1n) is 13.8. The predicted octanol–water partition coefficient (Wildman–Crippen LogP) is 11.0. The summed E-state index contributed by atoms with van der Waals surface area (Å²) in [5.41, 5.74) is 9.59. The van der Waals surface area contributed by atoms with Crippen LogP contribution in [0.5, 0.6) is 0 Å². The number of aryl methyl sites for hydroxylation is 1. The Bertz CT molecular complexity index is 1220. The smallest absolute Gasteiger partial charge is 0.0462 e. The summed E-state index contributed by atoms with van der Waals surface area (Å²) in [5, 5.41) is 3.52. The minimum absolute atomic E-state index is 1.01. The summed E-state index contributed by atoms with van der Waals surface area (Å²) in [6, 6.07) is 27.9. The third kappa shape index (κ3) is 8.52. The molecule has 0 bridgehead atoms. The van der Waals surface area contributed by atoms with E-state index in [-0.39, 0.29) is 0 Å². The molecule has 0 radical (unpaired) electrons. The quantitative estimate of drug-likeness (QED) is 0.307. The van der Waals surface area contributed by atoms with Gasteiger partial charge in [-0.3, -0.25) is 0 Å². The highest BCUT2D eigenvalue weighted by atomic mass is 15.1. The summed E-state index contributed by atoms with van der Waals surface area (Å²) in [6.07, 6.45) is 14.5. The normalized spacial score (nSPS) is 12.7. The number of nitrogens with zero attached hydrogens (tertiary/aromatic N) is 1. The van der Waals surface area contributed by atoms with Crippen molar-refractivity contribution in [2.75, 3.05) is 10.2 Å². The monoisotopic (exact) mass is 504 g/mol. The molecule has 198 valence electrons. The number of para-hydroxylation sites is 1. The van der Waals surface area contributed by atoms with E-state index >= 15 is 0 Å². The number of nitrogens with one attached hydrogen (secondary N) is 1. The van der Waals surface area contributed by atoms with Gasteiger partial charge in [0.05, 0.1) is 0 Å². The highest BCUT2D eigenvalue weighted by Gasteiger charge is 2.14. The van der Waals surface area contributed by atoms with Crippen molar-refractivity contribution in [3.63, 3.8) is 0 Å². The second kappa shape index (κ2) is 16.7. The van der Waals surface area contributed by atoms with Gasteiger partial charge in [-0.05, 0) is 92.5 Å². The van der Waals surface area contributed by atoms with Gasteiger partial charge in [-0.2, -0.15) is 0 Å². The van der Waals surface area contributed by atoms with E-state index < -0.39 is 0 Å². The third-order valence-electron chi connectivity index (χ3n) is 5.90. The Labute approximate surface area is 231 Å². The van der Waals surface area contributed by atoms with Crippen LogP contribution in [0.1, 0.15) is 58.6 Å². The molecule has 0 spiro atoms. The lowest BCUT2D eigenvalue weighted by atomic mass is 9.95. The number of anilines is 3. The van der Waals surface area contributed by atoms with E-state index in [4.69, 9.17) is 0 Å². The minimum atomic E-state index is 1.01. The molecule has 38 heavy (non-hydrogen) atoms. The van der Waals surface area contributed by atoms with Crippen molar-refractivity contribution in [1.82, 2.24) is 0 Å². The van der Waals surface area contributed by atoms with Gasteiger partial charge in [0, 0.05) is 28.5 Å². The molecule has 2 nitrogen and oxygen atoms in total. The Hall–Kier alpha value is -4.04. The zero-order chi connectivity index (χ0) is 27.8. The van der Waals surface area contributed by atoms with E-state index in [1.165, 1.54) is 22.4 Å². The molecule has 0 amide bonds. The summed E-state index contributed by atoms with van der Waals surface area (Å²) in [5.74, 6) is 0. The van der Waals surface area contributed by atoms with E-state index in [1.54, 1.807) is 0 Å². The Balaban J connectivity index is 0.00000121. The predicted molar refractivity (Wildman–Crippen MR) is 171 cm³/mol. The van der Waals surface area contributed by atoms with Gasteiger partial charge in [0.2, 0.25) is 0 Å². The number of benzene rings is 3. The van der Waals surface area contributed by atoms with Crippen molar-refractivity contribution < 1.29 is 0 Å². The molecule has 0 heterocycles. The molecule has 0 aliphatic heterocycles. The molecule has 0 fully saturated rings. The fourth-order valence-corrected chi connectivity index (χ4v) is 4.15. The Morgan fingerprint density at radius 1 is 0.789 bits per heavy atom. The van der Waals surface area contributed by atoms with Crippen molar-refractivity contribution in [3.05, 3.63) is 144 Å². The Kier molecular flexibility index (Phi) is 13.2. The van der Waals surface area contributed by atoms with Gasteiger partial charge in [0.25, 0.3) is 0 Å². The van der Waals surface area contributed by atoms with Crippen LogP contribution in [-0.2, 0) is 0 Å². The van der Waals surface area contributed by atoms with Crippen LogP contribution in [0, 0.1) is 6.92 Å². The fraction of sp³-hybridized carbons (Fsp3) is 0.222. The van der Waals surface area contributed by atoms with E-state index in [1.807, 2.05) is 52.8 Å². The highest BCUT2D eigenvalue weighted by Crippen LogP contribution is 2.33. The van der Waals surface area contributed by atoms with Gasteiger partial charge < -0.3 is 10.2 Å². The molecule has 4 rings (SSSR count). The molecule has 3 aromatic rings. The van der Waals surface area contributed by atoms with Gasteiger partial charge in [-0.25, -0.2) is 0 Å². The van der Waals surface area contributed by atoms with Crippen LogP contribution in [-0.4, -0.2) is 0 Å². The maximum absolute atomic E-state index is 3.92. The summed E-state index contributed by atoms with van der Waals surface area (Å²) >= 11 is 0. The standard InChI is InChI=1S/C32H32N2.2C2H6/c1-4-9-30(10-5-2)34(31-21-13-25(3)14-22-31)32-23-17-27(18-24-32)26-15-19-29(20-16-26)33-28-11-7-6-8-12-28;2*1-2/h4-15,17-19,21-24,33H,1,16,20H2,2-3H3;2*1-2H3/b10-5-,30-9+;;. The maximum Gasteiger partial charge on any atom is 0.0462 e. The van der Waals surface area contributed by atoms with Crippen LogP contribution in [0.25, 0.3) is 5.57 Å². The molecular weight excluding hydrogens is 460 g/mol. The van der Waals surface area contributed by atoms with Crippen LogP contribution in [0.15, 0.2) is 133 Å². The summed E-state index contributed by atoms with van der Waals surface area (Å²) in [6.45, 7) is 16.1. The van der Waals surface area contributed by atoms with Crippen LogP contribution in [0.3, 0.4) is 0 Å². The lowest BCUT2D eigenvalue weighted by Gasteiger charge is -2.27. The molecular formula is C36H44N2. The number of allylic oxidation sites excluding steroid dienone is 8. The van der Waals surface area contributed by atoms with Crippen molar-refractivity contribution >= 4 is 22.6 Å². The van der Waals surface area contributed by atoms with Crippen molar-refractivity contribution in [1.29, 1.82) is 0 Å². The Morgan fingerprint density at radius 2 is 1.39 bits per heavy atom. The van der Waals surface area contributed by atoms with E-state index in [0.717, 1.165) is 35.6 Å². The lowest BCUT2D eigenvalue weighted by Crippen LogP contribution is -2.15. The van der Waals surface area contributed by atoms with Crippen molar-refractivity contribution in [2.24, 2.45) is 0 Å². The first-order valence-corrected chi connectivity index (χ1v) is 13.8. The molecule has 0 atom stereocenters. The molecule has 3 aromatic carbocycles. The summed E-state index contributed by atoms with van der Waals surface area (Å²) in [4.78, 5) is 2.27.